The maximum Gasteiger partial charge on any atom is 0.253 e. The lowest BCUT2D eigenvalue weighted by atomic mass is 9.77. The molecule has 3 aliphatic heterocycles. The van der Waals surface area contributed by atoms with E-state index in [4.69, 9.17) is 0 Å². The van der Waals surface area contributed by atoms with E-state index in [1.54, 1.807) is 12.5 Å². The van der Waals surface area contributed by atoms with Crippen molar-refractivity contribution in [2.75, 3.05) is 19.6 Å². The summed E-state index contributed by atoms with van der Waals surface area (Å²) < 4.78 is 1.92. The van der Waals surface area contributed by atoms with Crippen LogP contribution in [0.15, 0.2) is 43.0 Å². The summed E-state index contributed by atoms with van der Waals surface area (Å²) in [7, 11) is 0. The standard InChI is InChI=1S/C31H43N5O3/c1-21(2)27-12-7-22(3)15-30(38)36-18-23-16-25(28(36)5-4-6-29(37)33-27)19-35(17-23)31(39)24-8-10-26(11-9-24)34-14-13-32-20-34/h8-11,13-14,20-23,25,27-28H,4-7,12,15-19H2,1-3H3,(H,33,37)/t22-,23+,25+,27+,28+/m1/s1. The van der Waals surface area contributed by atoms with E-state index in [0.717, 1.165) is 37.8 Å². The van der Waals surface area contributed by atoms with Gasteiger partial charge in [0.1, 0.15) is 0 Å². The predicted octanol–water partition coefficient (Wildman–Crippen LogP) is 4.29. The number of nitrogens with one attached hydrogen (secondary N) is 1. The zero-order chi connectivity index (χ0) is 27.5. The number of amides is 3. The first kappa shape index (κ1) is 27.4. The third-order valence-corrected chi connectivity index (χ3v) is 9.04. The minimum absolute atomic E-state index is 0.0547. The van der Waals surface area contributed by atoms with Gasteiger partial charge in [0.05, 0.1) is 6.33 Å². The molecule has 3 saturated heterocycles. The van der Waals surface area contributed by atoms with Crippen LogP contribution >= 0.6 is 0 Å². The van der Waals surface area contributed by atoms with E-state index in [9.17, 15) is 14.4 Å². The van der Waals surface area contributed by atoms with Crippen molar-refractivity contribution in [2.45, 2.75) is 77.8 Å². The van der Waals surface area contributed by atoms with Gasteiger partial charge in [-0.2, -0.15) is 0 Å². The van der Waals surface area contributed by atoms with Crippen LogP contribution in [0.2, 0.25) is 0 Å². The molecule has 2 bridgehead atoms. The SMILES string of the molecule is CC(C)[C@@H]1CC[C@@H](C)CC(=O)N2C[C@H]3C[C@@H](CN(C(=O)c4ccc(-n5ccnc5)cc4)C3)[C@@H]2CCCC(=O)N1. The number of carbonyl (C=O) groups excluding carboxylic acids is 3. The summed E-state index contributed by atoms with van der Waals surface area (Å²) in [4.78, 5) is 48.1. The Morgan fingerprint density at radius 2 is 1.85 bits per heavy atom. The molecule has 1 aromatic carbocycles. The van der Waals surface area contributed by atoms with E-state index >= 15 is 0 Å². The summed E-state index contributed by atoms with van der Waals surface area (Å²) in [5.41, 5.74) is 1.66. The van der Waals surface area contributed by atoms with Crippen LogP contribution in [0.1, 0.15) is 76.1 Å². The van der Waals surface area contributed by atoms with Crippen molar-refractivity contribution >= 4 is 17.7 Å². The molecule has 3 amide bonds. The van der Waals surface area contributed by atoms with Gasteiger partial charge in [-0.05, 0) is 80.0 Å². The minimum Gasteiger partial charge on any atom is -0.353 e. The Morgan fingerprint density at radius 1 is 1.05 bits per heavy atom. The van der Waals surface area contributed by atoms with E-state index in [1.807, 2.05) is 39.9 Å². The van der Waals surface area contributed by atoms with Crippen LogP contribution in [0.4, 0.5) is 0 Å². The molecule has 2 aromatic rings. The summed E-state index contributed by atoms with van der Waals surface area (Å²) in [6, 6.07) is 7.92. The van der Waals surface area contributed by atoms with Crippen LogP contribution < -0.4 is 5.32 Å². The van der Waals surface area contributed by atoms with Gasteiger partial charge >= 0.3 is 0 Å². The summed E-state index contributed by atoms with van der Waals surface area (Å²) in [5, 5.41) is 3.26. The molecule has 5 atom stereocenters. The smallest absolute Gasteiger partial charge is 0.253 e. The van der Waals surface area contributed by atoms with E-state index in [0.29, 0.717) is 44.0 Å². The molecule has 0 spiro atoms. The Hall–Kier alpha value is -3.16. The van der Waals surface area contributed by atoms with Crippen molar-refractivity contribution in [3.63, 3.8) is 0 Å². The highest BCUT2D eigenvalue weighted by molar-refractivity contribution is 5.94. The Labute approximate surface area is 232 Å². The number of fused-ring (bicyclic) bond motifs is 4. The van der Waals surface area contributed by atoms with Crippen LogP contribution in [-0.4, -0.2) is 68.8 Å². The second kappa shape index (κ2) is 11.9. The predicted molar refractivity (Wildman–Crippen MR) is 150 cm³/mol. The fourth-order valence-electron chi connectivity index (χ4n) is 6.84. The molecule has 1 N–H and O–H groups in total. The second-order valence-electron chi connectivity index (χ2n) is 12.4. The summed E-state index contributed by atoms with van der Waals surface area (Å²) in [6.07, 6.45) is 10.8. The van der Waals surface area contributed by atoms with Gasteiger partial charge < -0.3 is 19.7 Å². The number of likely N-dealkylation sites (tertiary alicyclic amines) is 1. The van der Waals surface area contributed by atoms with Crippen molar-refractivity contribution in [1.82, 2.24) is 24.7 Å². The number of piperidine rings is 2. The van der Waals surface area contributed by atoms with Crippen LogP contribution in [0.25, 0.3) is 5.69 Å². The Morgan fingerprint density at radius 3 is 2.56 bits per heavy atom. The normalized spacial score (nSPS) is 28.7. The molecule has 8 heteroatoms. The van der Waals surface area contributed by atoms with Gasteiger partial charge in [0, 0.05) is 68.2 Å². The quantitative estimate of drug-likeness (QED) is 0.638. The number of rotatable bonds is 3. The fraction of sp³-hybridized carbons (Fsp3) is 0.613. The molecule has 0 saturated carbocycles. The van der Waals surface area contributed by atoms with Crippen molar-refractivity contribution < 1.29 is 14.4 Å². The lowest BCUT2D eigenvalue weighted by Gasteiger charge is -2.51. The third kappa shape index (κ3) is 6.36. The average molecular weight is 534 g/mol. The first-order valence-electron chi connectivity index (χ1n) is 14.7. The molecule has 3 aliphatic rings. The first-order valence-corrected chi connectivity index (χ1v) is 14.7. The van der Waals surface area contributed by atoms with Crippen LogP contribution in [0.3, 0.4) is 0 Å². The zero-order valence-corrected chi connectivity index (χ0v) is 23.6. The van der Waals surface area contributed by atoms with Gasteiger partial charge in [-0.25, -0.2) is 4.98 Å². The number of benzene rings is 1. The highest BCUT2D eigenvalue weighted by Gasteiger charge is 2.43. The first-order chi connectivity index (χ1) is 18.8. The summed E-state index contributed by atoms with van der Waals surface area (Å²) in [6.45, 7) is 8.51. The molecular weight excluding hydrogens is 490 g/mol. The molecule has 4 heterocycles. The maximum absolute atomic E-state index is 13.6. The molecule has 0 aliphatic carbocycles. The van der Waals surface area contributed by atoms with Gasteiger partial charge in [0.2, 0.25) is 11.8 Å². The molecule has 1 aromatic heterocycles. The van der Waals surface area contributed by atoms with Crippen molar-refractivity contribution in [1.29, 1.82) is 0 Å². The number of aromatic nitrogens is 2. The van der Waals surface area contributed by atoms with Crippen LogP contribution in [0, 0.1) is 23.7 Å². The maximum atomic E-state index is 13.6. The molecule has 210 valence electrons. The largest absolute Gasteiger partial charge is 0.353 e. The Balaban J connectivity index is 1.30. The van der Waals surface area contributed by atoms with Gasteiger partial charge in [-0.1, -0.05) is 20.8 Å². The van der Waals surface area contributed by atoms with Gasteiger partial charge in [-0.3, -0.25) is 14.4 Å². The molecule has 8 nitrogen and oxygen atoms in total. The molecule has 3 fully saturated rings. The van der Waals surface area contributed by atoms with Crippen LogP contribution in [0.5, 0.6) is 0 Å². The van der Waals surface area contributed by atoms with Crippen molar-refractivity contribution in [2.24, 2.45) is 23.7 Å². The molecular formula is C31H43N5O3. The van der Waals surface area contributed by atoms with Gasteiger partial charge in [0.25, 0.3) is 5.91 Å². The molecule has 0 radical (unpaired) electrons. The minimum atomic E-state index is 0.0547. The lowest BCUT2D eigenvalue weighted by molar-refractivity contribution is -0.141. The van der Waals surface area contributed by atoms with E-state index < -0.39 is 0 Å². The number of hydrogen-bond acceptors (Lipinski definition) is 4. The van der Waals surface area contributed by atoms with E-state index in [1.165, 1.54) is 0 Å². The summed E-state index contributed by atoms with van der Waals surface area (Å²) >= 11 is 0. The van der Waals surface area contributed by atoms with Crippen LogP contribution in [-0.2, 0) is 9.59 Å². The Kier molecular flexibility index (Phi) is 8.38. The number of hydrogen-bond donors (Lipinski definition) is 1. The number of imidazole rings is 1. The third-order valence-electron chi connectivity index (χ3n) is 9.04. The van der Waals surface area contributed by atoms with Gasteiger partial charge in [0.15, 0.2) is 0 Å². The van der Waals surface area contributed by atoms with E-state index in [2.05, 4.69) is 36.0 Å². The Bertz CT molecular complexity index is 1150. The van der Waals surface area contributed by atoms with Gasteiger partial charge in [-0.15, -0.1) is 0 Å². The average Bonchev–Trinajstić information content (AvgIpc) is 3.46. The van der Waals surface area contributed by atoms with Crippen molar-refractivity contribution in [3.05, 3.63) is 48.5 Å². The highest BCUT2D eigenvalue weighted by atomic mass is 16.2. The number of carbonyl (C=O) groups is 3. The highest BCUT2D eigenvalue weighted by Crippen LogP contribution is 2.37. The lowest BCUT2D eigenvalue weighted by Crippen LogP contribution is -2.60. The topological polar surface area (TPSA) is 87.5 Å². The summed E-state index contributed by atoms with van der Waals surface area (Å²) in [5.74, 6) is 1.60. The van der Waals surface area contributed by atoms with Crippen molar-refractivity contribution in [3.8, 4) is 5.69 Å². The molecule has 0 unspecified atom stereocenters. The zero-order valence-electron chi connectivity index (χ0n) is 23.6. The second-order valence-corrected chi connectivity index (χ2v) is 12.4. The monoisotopic (exact) mass is 533 g/mol. The fourth-order valence-corrected chi connectivity index (χ4v) is 6.84. The molecule has 39 heavy (non-hydrogen) atoms. The van der Waals surface area contributed by atoms with E-state index in [-0.39, 0.29) is 47.6 Å². The molecule has 5 rings (SSSR count). The number of nitrogens with zero attached hydrogens (tertiary/aromatic N) is 4.